The molecule has 0 aromatic carbocycles. The van der Waals surface area contributed by atoms with E-state index in [9.17, 15) is 4.79 Å². The van der Waals surface area contributed by atoms with Gasteiger partial charge in [-0.25, -0.2) is 0 Å². The Labute approximate surface area is 102 Å². The first kappa shape index (κ1) is 11.6. The van der Waals surface area contributed by atoms with Gasteiger partial charge in [-0.1, -0.05) is 5.16 Å². The quantitative estimate of drug-likeness (QED) is 0.857. The molecule has 0 unspecified atom stereocenters. The van der Waals surface area contributed by atoms with E-state index in [4.69, 9.17) is 10.3 Å². The van der Waals surface area contributed by atoms with Gasteiger partial charge in [-0.15, -0.1) is 11.3 Å². The molecule has 2 heterocycles. The van der Waals surface area contributed by atoms with Crippen molar-refractivity contribution in [2.75, 3.05) is 5.73 Å². The molecule has 6 nitrogen and oxygen atoms in total. The van der Waals surface area contributed by atoms with Gasteiger partial charge in [0.25, 0.3) is 5.91 Å². The number of aromatic nitrogens is 2. The minimum absolute atomic E-state index is 0.189. The van der Waals surface area contributed by atoms with E-state index >= 15 is 0 Å². The van der Waals surface area contributed by atoms with Crippen LogP contribution in [0, 0.1) is 13.8 Å². The second kappa shape index (κ2) is 4.54. The first-order valence-electron chi connectivity index (χ1n) is 4.99. The van der Waals surface area contributed by atoms with Gasteiger partial charge in [0.15, 0.2) is 5.82 Å². The number of nitrogen functional groups attached to an aromatic ring is 1. The minimum atomic E-state index is -0.189. The summed E-state index contributed by atoms with van der Waals surface area (Å²) in [6, 6.07) is 1.66. The van der Waals surface area contributed by atoms with Crippen molar-refractivity contribution in [2.45, 2.75) is 20.4 Å². The van der Waals surface area contributed by atoms with Crippen LogP contribution in [0.2, 0.25) is 0 Å². The Morgan fingerprint density at radius 3 is 2.88 bits per heavy atom. The third kappa shape index (κ3) is 2.62. The fourth-order valence-corrected chi connectivity index (χ4v) is 2.12. The molecule has 0 aliphatic rings. The normalized spacial score (nSPS) is 10.5. The van der Waals surface area contributed by atoms with Crippen LogP contribution in [0.15, 0.2) is 10.6 Å². The number of nitrogens with two attached hydrogens (primary N) is 1. The van der Waals surface area contributed by atoms with Crippen molar-refractivity contribution in [3.63, 3.8) is 0 Å². The van der Waals surface area contributed by atoms with Crippen LogP contribution >= 0.6 is 11.3 Å². The van der Waals surface area contributed by atoms with E-state index in [0.717, 1.165) is 4.88 Å². The summed E-state index contributed by atoms with van der Waals surface area (Å²) in [6.07, 6.45) is 0. The maximum Gasteiger partial charge on any atom is 0.261 e. The summed E-state index contributed by atoms with van der Waals surface area (Å²) in [4.78, 5) is 17.2. The lowest BCUT2D eigenvalue weighted by Gasteiger charge is -1.98. The van der Waals surface area contributed by atoms with Gasteiger partial charge >= 0.3 is 0 Å². The van der Waals surface area contributed by atoms with Crippen molar-refractivity contribution in [2.24, 2.45) is 0 Å². The zero-order chi connectivity index (χ0) is 12.4. The standard InChI is InChI=1S/C10H12N4O2S/c1-5-7(11)3-8(17-5)10(15)12-4-9-13-6(2)14-16-9/h3H,4,11H2,1-2H3,(H,12,15). The molecule has 0 saturated heterocycles. The molecule has 0 aliphatic carbocycles. The molecule has 0 spiro atoms. The third-order valence-corrected chi connectivity index (χ3v) is 3.21. The molecule has 1 amide bonds. The van der Waals surface area contributed by atoms with Crippen molar-refractivity contribution in [1.82, 2.24) is 15.5 Å². The number of anilines is 1. The van der Waals surface area contributed by atoms with Gasteiger partial charge in [0, 0.05) is 10.6 Å². The maximum atomic E-state index is 11.7. The Balaban J connectivity index is 1.98. The first-order valence-corrected chi connectivity index (χ1v) is 5.81. The van der Waals surface area contributed by atoms with E-state index < -0.39 is 0 Å². The molecule has 0 bridgehead atoms. The summed E-state index contributed by atoms with van der Waals surface area (Å²) in [5, 5.41) is 6.32. The lowest BCUT2D eigenvalue weighted by atomic mass is 10.3. The van der Waals surface area contributed by atoms with Gasteiger partial charge in [-0.2, -0.15) is 4.98 Å². The highest BCUT2D eigenvalue weighted by Gasteiger charge is 2.12. The fraction of sp³-hybridized carbons (Fsp3) is 0.300. The van der Waals surface area contributed by atoms with Crippen LogP contribution in [0.5, 0.6) is 0 Å². The van der Waals surface area contributed by atoms with Crippen molar-refractivity contribution in [1.29, 1.82) is 0 Å². The van der Waals surface area contributed by atoms with E-state index in [1.165, 1.54) is 11.3 Å². The van der Waals surface area contributed by atoms with Gasteiger partial charge in [0.1, 0.15) is 0 Å². The molecule has 0 saturated carbocycles. The Bertz CT molecular complexity index is 527. The van der Waals surface area contributed by atoms with E-state index in [0.29, 0.717) is 22.3 Å². The molecule has 0 aliphatic heterocycles. The molecule has 7 heteroatoms. The largest absolute Gasteiger partial charge is 0.398 e. The van der Waals surface area contributed by atoms with E-state index in [-0.39, 0.29) is 12.5 Å². The monoisotopic (exact) mass is 252 g/mol. The fourth-order valence-electron chi connectivity index (χ4n) is 1.26. The number of nitrogens with one attached hydrogen (secondary N) is 1. The minimum Gasteiger partial charge on any atom is -0.398 e. The molecule has 90 valence electrons. The highest BCUT2D eigenvalue weighted by Crippen LogP contribution is 2.23. The van der Waals surface area contributed by atoms with Gasteiger partial charge in [-0.05, 0) is 19.9 Å². The molecule has 3 N–H and O–H groups in total. The molecule has 2 rings (SSSR count). The third-order valence-electron chi connectivity index (χ3n) is 2.15. The van der Waals surface area contributed by atoms with Crippen LogP contribution in [-0.4, -0.2) is 16.0 Å². The molecule has 2 aromatic rings. The Kier molecular flexibility index (Phi) is 3.10. The zero-order valence-electron chi connectivity index (χ0n) is 9.48. The number of rotatable bonds is 3. The number of thiophene rings is 1. The molecular formula is C10H12N4O2S. The summed E-state index contributed by atoms with van der Waals surface area (Å²) in [6.45, 7) is 3.81. The van der Waals surface area contributed by atoms with Crippen LogP contribution in [0.3, 0.4) is 0 Å². The van der Waals surface area contributed by atoms with Gasteiger partial charge in [0.05, 0.1) is 11.4 Å². The molecule has 0 fully saturated rings. The maximum absolute atomic E-state index is 11.7. The lowest BCUT2D eigenvalue weighted by Crippen LogP contribution is -2.21. The Morgan fingerprint density at radius 1 is 1.59 bits per heavy atom. The summed E-state index contributed by atoms with van der Waals surface area (Å²) >= 11 is 1.36. The lowest BCUT2D eigenvalue weighted by molar-refractivity contribution is 0.0950. The highest BCUT2D eigenvalue weighted by atomic mass is 32.1. The SMILES string of the molecule is Cc1noc(CNC(=O)c2cc(N)c(C)s2)n1. The van der Waals surface area contributed by atoms with Crippen LogP contribution in [0.25, 0.3) is 0 Å². The predicted octanol–water partition coefficient (Wildman–Crippen LogP) is 1.26. The average Bonchev–Trinajstić information content (AvgIpc) is 2.83. The zero-order valence-corrected chi connectivity index (χ0v) is 10.3. The summed E-state index contributed by atoms with van der Waals surface area (Å²) in [5.41, 5.74) is 6.31. The van der Waals surface area contributed by atoms with Crippen LogP contribution in [-0.2, 0) is 6.54 Å². The second-order valence-electron chi connectivity index (χ2n) is 3.54. The van der Waals surface area contributed by atoms with Crippen molar-refractivity contribution in [3.8, 4) is 0 Å². The predicted molar refractivity (Wildman–Crippen MR) is 63.7 cm³/mol. The summed E-state index contributed by atoms with van der Waals surface area (Å²) in [5.74, 6) is 0.744. The van der Waals surface area contributed by atoms with E-state index in [1.807, 2.05) is 6.92 Å². The van der Waals surface area contributed by atoms with Crippen LogP contribution in [0.4, 0.5) is 5.69 Å². The van der Waals surface area contributed by atoms with Crippen LogP contribution < -0.4 is 11.1 Å². The molecule has 17 heavy (non-hydrogen) atoms. The smallest absolute Gasteiger partial charge is 0.261 e. The number of carbonyl (C=O) groups excluding carboxylic acids is 1. The Morgan fingerprint density at radius 2 is 2.35 bits per heavy atom. The number of carbonyl (C=O) groups is 1. The number of nitrogens with zero attached hydrogens (tertiary/aromatic N) is 2. The van der Waals surface area contributed by atoms with E-state index in [1.54, 1.807) is 13.0 Å². The topological polar surface area (TPSA) is 94.0 Å². The Hall–Kier alpha value is -1.89. The van der Waals surface area contributed by atoms with Gasteiger partial charge in [-0.3, -0.25) is 4.79 Å². The van der Waals surface area contributed by atoms with Gasteiger partial charge < -0.3 is 15.6 Å². The first-order chi connectivity index (χ1) is 8.06. The van der Waals surface area contributed by atoms with Crippen LogP contribution in [0.1, 0.15) is 26.3 Å². The number of hydrogen-bond donors (Lipinski definition) is 2. The summed E-state index contributed by atoms with van der Waals surface area (Å²) < 4.78 is 4.88. The van der Waals surface area contributed by atoms with Gasteiger partial charge in [0.2, 0.25) is 5.89 Å². The highest BCUT2D eigenvalue weighted by molar-refractivity contribution is 7.14. The van der Waals surface area contributed by atoms with Crippen molar-refractivity contribution in [3.05, 3.63) is 27.5 Å². The van der Waals surface area contributed by atoms with Crippen molar-refractivity contribution >= 4 is 22.9 Å². The number of hydrogen-bond acceptors (Lipinski definition) is 6. The summed E-state index contributed by atoms with van der Waals surface area (Å²) in [7, 11) is 0. The number of aryl methyl sites for hydroxylation is 2. The number of amides is 1. The molecule has 0 atom stereocenters. The second-order valence-corrected chi connectivity index (χ2v) is 4.80. The molecule has 0 radical (unpaired) electrons. The van der Waals surface area contributed by atoms with Crippen molar-refractivity contribution < 1.29 is 9.32 Å². The molecule has 2 aromatic heterocycles. The average molecular weight is 252 g/mol. The molecular weight excluding hydrogens is 240 g/mol. The van der Waals surface area contributed by atoms with E-state index in [2.05, 4.69) is 15.5 Å².